The van der Waals surface area contributed by atoms with Gasteiger partial charge in [0.05, 0.1) is 0 Å². The normalized spacial score (nSPS) is 12.0. The van der Waals surface area contributed by atoms with E-state index in [-0.39, 0.29) is 14.5 Å². The summed E-state index contributed by atoms with van der Waals surface area (Å²) in [5.41, 5.74) is 1.28. The van der Waals surface area contributed by atoms with Gasteiger partial charge in [0.1, 0.15) is 0 Å². The second-order valence-electron chi connectivity index (χ2n) is 6.93. The summed E-state index contributed by atoms with van der Waals surface area (Å²) in [4.78, 5) is 6.26. The maximum atomic E-state index is 4.90. The van der Waals surface area contributed by atoms with Crippen molar-refractivity contribution >= 4 is 30.3 Å². The average Bonchev–Trinajstić information content (AvgIpc) is 2.83. The van der Waals surface area contributed by atoms with E-state index in [4.69, 9.17) is 4.99 Å². The monoisotopic (exact) mass is 414 g/mol. The molecular formula is C21H28GeN2S. The Morgan fingerprint density at radius 1 is 0.880 bits per heavy atom. The van der Waals surface area contributed by atoms with Crippen LogP contribution in [0, 0.1) is 11.8 Å². The standard InChI is InChI=1S/C21H28GeN2S/c1-17(2)15-23-20-13-9-6-10-14-21(20)24(16-18(3)4)22-25-19-11-7-5-8-12-19/h5-14,17-18H,15-16H2,1-4H3. The van der Waals surface area contributed by atoms with Crippen LogP contribution in [0.15, 0.2) is 70.6 Å². The van der Waals surface area contributed by atoms with Gasteiger partial charge in [-0.05, 0) is 0 Å². The summed E-state index contributed by atoms with van der Waals surface area (Å²) in [7, 11) is 2.00. The van der Waals surface area contributed by atoms with E-state index in [2.05, 4.69) is 92.2 Å². The fourth-order valence-corrected chi connectivity index (χ4v) is 7.46. The van der Waals surface area contributed by atoms with Gasteiger partial charge in [0, 0.05) is 0 Å². The van der Waals surface area contributed by atoms with Crippen LogP contribution in [-0.2, 0) is 0 Å². The van der Waals surface area contributed by atoms with Gasteiger partial charge in [-0.3, -0.25) is 0 Å². The van der Waals surface area contributed by atoms with Crippen LogP contribution in [0.3, 0.4) is 0 Å². The summed E-state index contributed by atoms with van der Waals surface area (Å²) < 4.78 is 2.58. The van der Waals surface area contributed by atoms with E-state index in [1.54, 1.807) is 0 Å². The first-order chi connectivity index (χ1) is 12.1. The first-order valence-electron chi connectivity index (χ1n) is 8.91. The zero-order valence-electron chi connectivity index (χ0n) is 15.6. The summed E-state index contributed by atoms with van der Waals surface area (Å²) in [5.74, 6) is 1.20. The van der Waals surface area contributed by atoms with E-state index in [0.717, 1.165) is 18.4 Å². The zero-order chi connectivity index (χ0) is 18.1. The Bertz CT molecular complexity index is 701. The van der Waals surface area contributed by atoms with Crippen LogP contribution in [0.5, 0.6) is 0 Å². The molecule has 4 heteroatoms. The van der Waals surface area contributed by atoms with E-state index in [0.29, 0.717) is 11.8 Å². The molecule has 0 heterocycles. The van der Waals surface area contributed by atoms with Crippen LogP contribution in [0.2, 0.25) is 0 Å². The van der Waals surface area contributed by atoms with Crippen LogP contribution in [0.4, 0.5) is 5.69 Å². The van der Waals surface area contributed by atoms with Gasteiger partial charge in [-0.15, -0.1) is 0 Å². The van der Waals surface area contributed by atoms with Crippen molar-refractivity contribution in [1.82, 2.24) is 0 Å². The number of benzene rings is 1. The van der Waals surface area contributed by atoms with Gasteiger partial charge in [-0.2, -0.15) is 0 Å². The van der Waals surface area contributed by atoms with Crippen molar-refractivity contribution in [3.05, 3.63) is 66.0 Å². The van der Waals surface area contributed by atoms with Gasteiger partial charge in [-0.1, -0.05) is 0 Å². The fraction of sp³-hybridized carbons (Fsp3) is 0.381. The van der Waals surface area contributed by atoms with E-state index in [9.17, 15) is 0 Å². The molecule has 0 saturated heterocycles. The number of rotatable bonds is 8. The van der Waals surface area contributed by atoms with Crippen LogP contribution in [-0.4, -0.2) is 27.6 Å². The number of hydrogen-bond donors (Lipinski definition) is 0. The summed E-state index contributed by atoms with van der Waals surface area (Å²) in [6.07, 6.45) is 0. The number of anilines is 1. The van der Waals surface area contributed by atoms with Crippen LogP contribution < -0.4 is 9.21 Å². The second kappa shape index (κ2) is 10.7. The molecule has 0 unspecified atom stereocenters. The maximum absolute atomic E-state index is 4.90. The van der Waals surface area contributed by atoms with Crippen molar-refractivity contribution in [2.24, 2.45) is 16.8 Å². The van der Waals surface area contributed by atoms with Crippen molar-refractivity contribution in [2.45, 2.75) is 32.6 Å². The summed E-state index contributed by atoms with van der Waals surface area (Å²) in [6.45, 7) is 11.0. The second-order valence-corrected chi connectivity index (χ2v) is 11.4. The molecule has 0 bridgehead atoms. The first kappa shape index (κ1) is 20.1. The Morgan fingerprint density at radius 3 is 2.16 bits per heavy atom. The third-order valence-electron chi connectivity index (χ3n) is 3.48. The van der Waals surface area contributed by atoms with Gasteiger partial charge < -0.3 is 0 Å². The third-order valence-corrected chi connectivity index (χ3v) is 8.63. The molecule has 0 fully saturated rings. The Labute approximate surface area is 162 Å². The van der Waals surface area contributed by atoms with Crippen molar-refractivity contribution in [2.75, 3.05) is 16.9 Å². The molecule has 2 aromatic carbocycles. The van der Waals surface area contributed by atoms with Gasteiger partial charge in [0.2, 0.25) is 0 Å². The molecule has 0 amide bonds. The Kier molecular flexibility index (Phi) is 8.62. The number of hydrogen-bond acceptors (Lipinski definition) is 3. The van der Waals surface area contributed by atoms with E-state index >= 15 is 0 Å². The molecule has 2 radical (unpaired) electrons. The Hall–Kier alpha value is -1.20. The molecular weight excluding hydrogens is 385 g/mol. The van der Waals surface area contributed by atoms with Gasteiger partial charge >= 0.3 is 163 Å². The Morgan fingerprint density at radius 2 is 1.52 bits per heavy atom. The Balaban J connectivity index is 2.30. The van der Waals surface area contributed by atoms with Gasteiger partial charge in [0.25, 0.3) is 0 Å². The average molecular weight is 413 g/mol. The van der Waals surface area contributed by atoms with Crippen molar-refractivity contribution in [1.29, 1.82) is 0 Å². The van der Waals surface area contributed by atoms with E-state index in [1.807, 2.05) is 10.1 Å². The van der Waals surface area contributed by atoms with E-state index in [1.165, 1.54) is 10.6 Å². The molecule has 132 valence electrons. The predicted octanol–water partition coefficient (Wildman–Crippen LogP) is 5.03. The van der Waals surface area contributed by atoms with Crippen molar-refractivity contribution in [3.8, 4) is 0 Å². The minimum atomic E-state index is -0.367. The van der Waals surface area contributed by atoms with Crippen LogP contribution in [0.1, 0.15) is 27.7 Å². The summed E-state index contributed by atoms with van der Waals surface area (Å²) in [6, 6.07) is 21.4. The van der Waals surface area contributed by atoms with Crippen LogP contribution >= 0.6 is 10.1 Å². The zero-order valence-corrected chi connectivity index (χ0v) is 18.6. The van der Waals surface area contributed by atoms with Crippen molar-refractivity contribution in [3.63, 3.8) is 0 Å². The molecule has 0 aliphatic rings. The molecule has 2 aromatic rings. The van der Waals surface area contributed by atoms with Crippen molar-refractivity contribution < 1.29 is 0 Å². The molecule has 0 spiro atoms. The molecule has 0 saturated carbocycles. The van der Waals surface area contributed by atoms with E-state index < -0.39 is 0 Å². The molecule has 2 nitrogen and oxygen atoms in total. The number of nitrogens with zero attached hydrogens (tertiary/aromatic N) is 2. The molecule has 2 rings (SSSR count). The fourth-order valence-electron chi connectivity index (χ4n) is 2.32. The summed E-state index contributed by atoms with van der Waals surface area (Å²) >= 11 is -0.367. The molecule has 0 aromatic heterocycles. The van der Waals surface area contributed by atoms with Gasteiger partial charge in [-0.25, -0.2) is 0 Å². The summed E-state index contributed by atoms with van der Waals surface area (Å²) in [5, 5.41) is 1.12. The molecule has 25 heavy (non-hydrogen) atoms. The third kappa shape index (κ3) is 7.29. The predicted molar refractivity (Wildman–Crippen MR) is 112 cm³/mol. The SMILES string of the molecule is CC(C)CN=c1cccccc1[N](CC(C)C)[Ge][S]c1ccccc1. The molecule has 0 aliphatic carbocycles. The van der Waals surface area contributed by atoms with Crippen LogP contribution in [0.25, 0.3) is 0 Å². The topological polar surface area (TPSA) is 15.6 Å². The molecule has 0 aliphatic heterocycles. The first-order valence-corrected chi connectivity index (χ1v) is 13.2. The minimum absolute atomic E-state index is 0.367. The molecule has 0 atom stereocenters. The quantitative estimate of drug-likeness (QED) is 0.565. The van der Waals surface area contributed by atoms with Gasteiger partial charge in [0.15, 0.2) is 0 Å². The molecule has 0 N–H and O–H groups in total.